The van der Waals surface area contributed by atoms with E-state index in [1.165, 1.54) is 12.8 Å². The number of methoxy groups -OCH3 is 1. The number of nitrogens with two attached hydrogens (primary N) is 1. The molecule has 1 rings (SSSR count). The summed E-state index contributed by atoms with van der Waals surface area (Å²) in [5.74, 6) is 0. The van der Waals surface area contributed by atoms with Crippen LogP contribution in [0.5, 0.6) is 0 Å². The molecule has 15 heavy (non-hydrogen) atoms. The van der Waals surface area contributed by atoms with E-state index in [0.717, 1.165) is 24.8 Å². The van der Waals surface area contributed by atoms with Gasteiger partial charge in [-0.25, -0.2) is 0 Å². The van der Waals surface area contributed by atoms with Crippen molar-refractivity contribution in [1.29, 1.82) is 0 Å². The Kier molecular flexibility index (Phi) is 5.29. The molecule has 1 aliphatic rings. The number of hydrogen-bond donors (Lipinski definition) is 2. The predicted octanol–water partition coefficient (Wildman–Crippen LogP) is 1.60. The van der Waals surface area contributed by atoms with Gasteiger partial charge >= 0.3 is 0 Å². The molecule has 0 aliphatic heterocycles. The summed E-state index contributed by atoms with van der Waals surface area (Å²) in [4.78, 5) is 0. The first-order valence-corrected chi connectivity index (χ1v) is 5.84. The lowest BCUT2D eigenvalue weighted by Crippen LogP contribution is -2.37. The molecule has 3 nitrogen and oxygen atoms in total. The van der Waals surface area contributed by atoms with Crippen LogP contribution in [-0.4, -0.2) is 31.0 Å². The average Bonchev–Trinajstić information content (AvgIpc) is 2.28. The largest absolute Gasteiger partial charge is 0.383 e. The van der Waals surface area contributed by atoms with Crippen LogP contribution in [0.15, 0.2) is 11.6 Å². The topological polar surface area (TPSA) is 55.5 Å². The summed E-state index contributed by atoms with van der Waals surface area (Å²) in [6.45, 7) is 1.01. The fourth-order valence-corrected chi connectivity index (χ4v) is 2.22. The van der Waals surface area contributed by atoms with Gasteiger partial charge in [-0.1, -0.05) is 6.08 Å². The van der Waals surface area contributed by atoms with E-state index in [4.69, 9.17) is 10.5 Å². The lowest BCUT2D eigenvalue weighted by molar-refractivity contribution is -0.0129. The van der Waals surface area contributed by atoms with Crippen LogP contribution in [0.3, 0.4) is 0 Å². The van der Waals surface area contributed by atoms with Crippen molar-refractivity contribution in [2.75, 3.05) is 20.3 Å². The predicted molar refractivity (Wildman–Crippen MR) is 61.7 cm³/mol. The van der Waals surface area contributed by atoms with Crippen LogP contribution in [0, 0.1) is 0 Å². The molecule has 1 unspecified atom stereocenters. The summed E-state index contributed by atoms with van der Waals surface area (Å²) in [6.07, 6.45) is 8.25. The Morgan fingerprint density at radius 3 is 2.87 bits per heavy atom. The summed E-state index contributed by atoms with van der Waals surface area (Å²) in [5, 5.41) is 10.5. The summed E-state index contributed by atoms with van der Waals surface area (Å²) in [6, 6.07) is 0. The quantitative estimate of drug-likeness (QED) is 0.659. The van der Waals surface area contributed by atoms with Crippen molar-refractivity contribution < 1.29 is 9.84 Å². The van der Waals surface area contributed by atoms with Gasteiger partial charge in [0.25, 0.3) is 0 Å². The molecule has 0 saturated carbocycles. The Morgan fingerprint density at radius 1 is 1.53 bits per heavy atom. The molecule has 3 N–H and O–H groups in total. The van der Waals surface area contributed by atoms with E-state index in [9.17, 15) is 5.11 Å². The summed E-state index contributed by atoms with van der Waals surface area (Å²) >= 11 is 0. The number of ether oxygens (including phenoxy) is 1. The van der Waals surface area contributed by atoms with E-state index >= 15 is 0 Å². The maximum atomic E-state index is 10.5. The van der Waals surface area contributed by atoms with Crippen molar-refractivity contribution in [3.05, 3.63) is 11.6 Å². The molecule has 0 radical (unpaired) electrons. The van der Waals surface area contributed by atoms with Gasteiger partial charge in [0.1, 0.15) is 5.60 Å². The zero-order valence-corrected chi connectivity index (χ0v) is 9.67. The summed E-state index contributed by atoms with van der Waals surface area (Å²) in [7, 11) is 1.64. The first-order valence-electron chi connectivity index (χ1n) is 5.84. The molecule has 0 heterocycles. The van der Waals surface area contributed by atoms with E-state index in [0.29, 0.717) is 19.6 Å². The van der Waals surface area contributed by atoms with Gasteiger partial charge in [-0.3, -0.25) is 0 Å². The van der Waals surface area contributed by atoms with Crippen LogP contribution in [0.2, 0.25) is 0 Å². The maximum Gasteiger partial charge on any atom is 0.109 e. The highest BCUT2D eigenvalue weighted by molar-refractivity contribution is 5.18. The Hall–Kier alpha value is -0.380. The van der Waals surface area contributed by atoms with Crippen molar-refractivity contribution in [1.82, 2.24) is 0 Å². The van der Waals surface area contributed by atoms with Crippen molar-refractivity contribution >= 4 is 0 Å². The third-order valence-corrected chi connectivity index (χ3v) is 3.07. The van der Waals surface area contributed by atoms with Crippen LogP contribution in [0.25, 0.3) is 0 Å². The lowest BCUT2D eigenvalue weighted by Gasteiger charge is -2.32. The van der Waals surface area contributed by atoms with Gasteiger partial charge in [-0.2, -0.15) is 0 Å². The molecule has 0 saturated heterocycles. The molecule has 0 bridgehead atoms. The van der Waals surface area contributed by atoms with Gasteiger partial charge in [0.05, 0.1) is 6.61 Å². The SMILES string of the molecule is COCC(O)(CCCN)C1=CCCCC1. The summed E-state index contributed by atoms with van der Waals surface area (Å²) in [5.41, 5.74) is 5.88. The molecule has 1 atom stereocenters. The third-order valence-electron chi connectivity index (χ3n) is 3.07. The molecule has 0 spiro atoms. The minimum absolute atomic E-state index is 0.388. The minimum atomic E-state index is -0.769. The van der Waals surface area contributed by atoms with Gasteiger partial charge < -0.3 is 15.6 Å². The van der Waals surface area contributed by atoms with E-state index in [-0.39, 0.29) is 0 Å². The van der Waals surface area contributed by atoms with Crippen molar-refractivity contribution in [2.45, 2.75) is 44.1 Å². The fraction of sp³-hybridized carbons (Fsp3) is 0.833. The highest BCUT2D eigenvalue weighted by atomic mass is 16.5. The minimum Gasteiger partial charge on any atom is -0.383 e. The van der Waals surface area contributed by atoms with E-state index in [2.05, 4.69) is 6.08 Å². The third kappa shape index (κ3) is 3.59. The molecule has 0 amide bonds. The van der Waals surface area contributed by atoms with Crippen molar-refractivity contribution in [3.63, 3.8) is 0 Å². The van der Waals surface area contributed by atoms with Gasteiger partial charge in [-0.15, -0.1) is 0 Å². The van der Waals surface area contributed by atoms with Crippen molar-refractivity contribution in [3.8, 4) is 0 Å². The van der Waals surface area contributed by atoms with Crippen molar-refractivity contribution in [2.24, 2.45) is 5.73 Å². The first kappa shape index (κ1) is 12.7. The second kappa shape index (κ2) is 6.26. The normalized spacial score (nSPS) is 20.9. The second-order valence-electron chi connectivity index (χ2n) is 4.33. The Morgan fingerprint density at radius 2 is 2.33 bits per heavy atom. The zero-order valence-electron chi connectivity index (χ0n) is 9.67. The molecule has 0 fully saturated rings. The Balaban J connectivity index is 2.64. The number of aliphatic hydroxyl groups is 1. The number of rotatable bonds is 6. The molecule has 3 heteroatoms. The summed E-state index contributed by atoms with van der Waals surface area (Å²) < 4.78 is 5.13. The van der Waals surface area contributed by atoms with E-state index < -0.39 is 5.60 Å². The molecule has 0 aromatic carbocycles. The van der Waals surface area contributed by atoms with Gasteiger partial charge in [0, 0.05) is 7.11 Å². The van der Waals surface area contributed by atoms with Gasteiger partial charge in [0.15, 0.2) is 0 Å². The van der Waals surface area contributed by atoms with Gasteiger partial charge in [-0.05, 0) is 50.6 Å². The fourth-order valence-electron chi connectivity index (χ4n) is 2.22. The molecule has 88 valence electrons. The van der Waals surface area contributed by atoms with Crippen LogP contribution in [-0.2, 0) is 4.74 Å². The van der Waals surface area contributed by atoms with Crippen LogP contribution >= 0.6 is 0 Å². The standard InChI is InChI=1S/C12H23NO2/c1-15-10-12(14,8-5-9-13)11-6-3-2-4-7-11/h6,14H,2-5,7-10,13H2,1H3. The monoisotopic (exact) mass is 213 g/mol. The van der Waals surface area contributed by atoms with E-state index in [1.807, 2.05) is 0 Å². The molecular formula is C12H23NO2. The molecule has 0 aromatic rings. The zero-order chi connectivity index (χ0) is 11.1. The molecule has 0 aromatic heterocycles. The van der Waals surface area contributed by atoms with E-state index in [1.54, 1.807) is 7.11 Å². The molecular weight excluding hydrogens is 190 g/mol. The maximum absolute atomic E-state index is 10.5. The molecule has 1 aliphatic carbocycles. The van der Waals surface area contributed by atoms with Crippen LogP contribution in [0.4, 0.5) is 0 Å². The first-order chi connectivity index (χ1) is 7.23. The average molecular weight is 213 g/mol. The highest BCUT2D eigenvalue weighted by Crippen LogP contribution is 2.31. The Labute approximate surface area is 92.3 Å². The van der Waals surface area contributed by atoms with Crippen LogP contribution < -0.4 is 5.73 Å². The number of hydrogen-bond acceptors (Lipinski definition) is 3. The number of allylic oxidation sites excluding steroid dienone is 1. The second-order valence-corrected chi connectivity index (χ2v) is 4.33. The lowest BCUT2D eigenvalue weighted by atomic mass is 9.83. The smallest absolute Gasteiger partial charge is 0.109 e. The highest BCUT2D eigenvalue weighted by Gasteiger charge is 2.31. The Bertz CT molecular complexity index is 216. The van der Waals surface area contributed by atoms with Gasteiger partial charge in [0.2, 0.25) is 0 Å². The van der Waals surface area contributed by atoms with Crippen LogP contribution in [0.1, 0.15) is 38.5 Å².